The lowest BCUT2D eigenvalue weighted by molar-refractivity contribution is -0.127. The van der Waals surface area contributed by atoms with Gasteiger partial charge in [0.1, 0.15) is 4.21 Å². The fraction of sp³-hybridized carbons (Fsp3) is 0.417. The SMILES string of the molecule is CC(C)NC(=O)NC(=O)C(C)OC(=O)c1csc(S(N)(=O)=O)c1. The fourth-order valence-corrected chi connectivity index (χ4v) is 2.94. The zero-order chi connectivity index (χ0) is 17.8. The maximum Gasteiger partial charge on any atom is 0.339 e. The first-order valence-corrected chi connectivity index (χ1v) is 8.87. The van der Waals surface area contributed by atoms with Crippen molar-refractivity contribution in [1.82, 2.24) is 10.6 Å². The molecule has 1 heterocycles. The molecule has 0 aliphatic rings. The third-order valence-corrected chi connectivity index (χ3v) is 4.79. The van der Waals surface area contributed by atoms with Crippen LogP contribution in [0.25, 0.3) is 0 Å². The molecule has 0 saturated carbocycles. The van der Waals surface area contributed by atoms with Crippen LogP contribution in [0.3, 0.4) is 0 Å². The van der Waals surface area contributed by atoms with Crippen molar-refractivity contribution in [1.29, 1.82) is 0 Å². The summed E-state index contributed by atoms with van der Waals surface area (Å²) in [6, 6.07) is 0.182. The van der Waals surface area contributed by atoms with Crippen LogP contribution in [0.2, 0.25) is 0 Å². The number of ether oxygens (including phenoxy) is 1. The number of nitrogens with two attached hydrogens (primary N) is 1. The van der Waals surface area contributed by atoms with Gasteiger partial charge in [0, 0.05) is 11.4 Å². The minimum Gasteiger partial charge on any atom is -0.449 e. The molecule has 3 amide bonds. The summed E-state index contributed by atoms with van der Waals surface area (Å²) in [5, 5.41) is 10.6. The summed E-state index contributed by atoms with van der Waals surface area (Å²) in [6.07, 6.45) is -1.24. The normalized spacial score (nSPS) is 12.6. The van der Waals surface area contributed by atoms with Crippen molar-refractivity contribution in [2.24, 2.45) is 5.14 Å². The predicted molar refractivity (Wildman–Crippen MR) is 82.4 cm³/mol. The summed E-state index contributed by atoms with van der Waals surface area (Å²) in [7, 11) is -3.91. The highest BCUT2D eigenvalue weighted by Crippen LogP contribution is 2.19. The topological polar surface area (TPSA) is 145 Å². The number of imide groups is 1. The van der Waals surface area contributed by atoms with Gasteiger partial charge in [-0.25, -0.2) is 23.1 Å². The Morgan fingerprint density at radius 3 is 2.35 bits per heavy atom. The molecule has 0 bridgehead atoms. The Balaban J connectivity index is 2.64. The molecule has 128 valence electrons. The van der Waals surface area contributed by atoms with Gasteiger partial charge in [0.25, 0.3) is 5.91 Å². The summed E-state index contributed by atoms with van der Waals surface area (Å²) in [4.78, 5) is 34.9. The number of rotatable bonds is 5. The van der Waals surface area contributed by atoms with Gasteiger partial charge in [-0.1, -0.05) is 0 Å². The summed E-state index contributed by atoms with van der Waals surface area (Å²) in [6.45, 7) is 4.71. The molecule has 1 atom stereocenters. The zero-order valence-corrected chi connectivity index (χ0v) is 14.3. The minimum absolute atomic E-state index is 0.0506. The van der Waals surface area contributed by atoms with E-state index in [9.17, 15) is 22.8 Å². The number of urea groups is 1. The van der Waals surface area contributed by atoms with Crippen LogP contribution < -0.4 is 15.8 Å². The summed E-state index contributed by atoms with van der Waals surface area (Å²) >= 11 is 0.759. The molecule has 0 aromatic carbocycles. The number of hydrogen-bond donors (Lipinski definition) is 3. The van der Waals surface area contributed by atoms with Gasteiger partial charge in [-0.05, 0) is 26.8 Å². The van der Waals surface area contributed by atoms with Crippen molar-refractivity contribution >= 4 is 39.3 Å². The van der Waals surface area contributed by atoms with E-state index >= 15 is 0 Å². The third kappa shape index (κ3) is 5.96. The van der Waals surface area contributed by atoms with E-state index in [1.165, 1.54) is 12.3 Å². The number of primary sulfonamides is 1. The molecule has 1 aromatic heterocycles. The highest BCUT2D eigenvalue weighted by atomic mass is 32.2. The first-order chi connectivity index (χ1) is 10.5. The molecule has 0 saturated heterocycles. The Bertz CT molecular complexity index is 710. The van der Waals surface area contributed by atoms with Gasteiger partial charge in [-0.15, -0.1) is 11.3 Å². The second-order valence-corrected chi connectivity index (χ2v) is 7.56. The molecule has 11 heteroatoms. The summed E-state index contributed by atoms with van der Waals surface area (Å²) in [5.74, 6) is -1.71. The number of thiophene rings is 1. The molecule has 23 heavy (non-hydrogen) atoms. The van der Waals surface area contributed by atoms with Gasteiger partial charge in [-0.3, -0.25) is 10.1 Å². The standard InChI is InChI=1S/C12H17N3O6S2/c1-6(2)14-12(18)15-10(16)7(3)21-11(17)8-4-9(22-5-8)23(13,19)20/h4-7H,1-3H3,(H2,13,19,20)(H2,14,15,16,18). The van der Waals surface area contributed by atoms with Crippen molar-refractivity contribution in [2.45, 2.75) is 37.1 Å². The number of hydrogen-bond acceptors (Lipinski definition) is 7. The second-order valence-electron chi connectivity index (χ2n) is 4.86. The molecule has 0 fully saturated rings. The molecule has 1 unspecified atom stereocenters. The third-order valence-electron chi connectivity index (χ3n) is 2.40. The first-order valence-electron chi connectivity index (χ1n) is 6.44. The number of nitrogens with one attached hydrogen (secondary N) is 2. The second kappa shape index (κ2) is 7.53. The van der Waals surface area contributed by atoms with Gasteiger partial charge in [0.05, 0.1) is 5.56 Å². The van der Waals surface area contributed by atoms with Crippen LogP contribution in [-0.4, -0.2) is 38.5 Å². The molecular formula is C12H17N3O6S2. The van der Waals surface area contributed by atoms with E-state index in [0.717, 1.165) is 17.4 Å². The molecule has 0 radical (unpaired) electrons. The van der Waals surface area contributed by atoms with E-state index in [0.29, 0.717) is 0 Å². The molecule has 1 aromatic rings. The first kappa shape index (κ1) is 19.1. The lowest BCUT2D eigenvalue weighted by Crippen LogP contribution is -2.46. The van der Waals surface area contributed by atoms with Gasteiger partial charge in [0.2, 0.25) is 10.0 Å². The molecule has 0 spiro atoms. The number of carbonyl (C=O) groups is 3. The summed E-state index contributed by atoms with van der Waals surface area (Å²) < 4.78 is 26.9. The van der Waals surface area contributed by atoms with E-state index in [2.05, 4.69) is 5.32 Å². The quantitative estimate of drug-likeness (QED) is 0.636. The van der Waals surface area contributed by atoms with Crippen molar-refractivity contribution in [3.05, 3.63) is 17.0 Å². The Kier molecular flexibility index (Phi) is 6.24. The van der Waals surface area contributed by atoms with Crippen LogP contribution in [0.15, 0.2) is 15.7 Å². The van der Waals surface area contributed by atoms with Crippen LogP contribution in [0.1, 0.15) is 31.1 Å². The van der Waals surface area contributed by atoms with E-state index < -0.39 is 34.0 Å². The van der Waals surface area contributed by atoms with E-state index in [-0.39, 0.29) is 15.8 Å². The predicted octanol–water partition coefficient (Wildman–Crippen LogP) is 0.175. The molecule has 0 aliphatic carbocycles. The molecule has 9 nitrogen and oxygen atoms in total. The Labute approximate surface area is 137 Å². The molecule has 4 N–H and O–H groups in total. The number of amides is 3. The Morgan fingerprint density at radius 2 is 1.87 bits per heavy atom. The smallest absolute Gasteiger partial charge is 0.339 e. The van der Waals surface area contributed by atoms with E-state index in [1.54, 1.807) is 13.8 Å². The van der Waals surface area contributed by atoms with Crippen molar-refractivity contribution < 1.29 is 27.5 Å². The van der Waals surface area contributed by atoms with Crippen molar-refractivity contribution in [3.63, 3.8) is 0 Å². The Morgan fingerprint density at radius 1 is 1.26 bits per heavy atom. The maximum absolute atomic E-state index is 11.8. The van der Waals surface area contributed by atoms with Crippen molar-refractivity contribution in [3.8, 4) is 0 Å². The molecular weight excluding hydrogens is 346 g/mol. The van der Waals surface area contributed by atoms with Crippen LogP contribution >= 0.6 is 11.3 Å². The van der Waals surface area contributed by atoms with Gasteiger partial charge >= 0.3 is 12.0 Å². The Hall–Kier alpha value is -1.98. The summed E-state index contributed by atoms with van der Waals surface area (Å²) in [5.41, 5.74) is -0.0506. The lowest BCUT2D eigenvalue weighted by atomic mass is 10.3. The van der Waals surface area contributed by atoms with Gasteiger partial charge in [0.15, 0.2) is 6.10 Å². The zero-order valence-electron chi connectivity index (χ0n) is 12.7. The van der Waals surface area contributed by atoms with Gasteiger partial charge in [-0.2, -0.15) is 0 Å². The number of carbonyl (C=O) groups excluding carboxylic acids is 3. The highest BCUT2D eigenvalue weighted by Gasteiger charge is 2.23. The van der Waals surface area contributed by atoms with Crippen molar-refractivity contribution in [2.75, 3.05) is 0 Å². The fourth-order valence-electron chi connectivity index (χ4n) is 1.37. The molecule has 0 aliphatic heterocycles. The van der Waals surface area contributed by atoms with Crippen LogP contribution in [-0.2, 0) is 19.6 Å². The minimum atomic E-state index is -3.91. The number of esters is 1. The van der Waals surface area contributed by atoms with Gasteiger partial charge < -0.3 is 10.1 Å². The largest absolute Gasteiger partial charge is 0.449 e. The van der Waals surface area contributed by atoms with E-state index in [1.807, 2.05) is 5.32 Å². The van der Waals surface area contributed by atoms with Crippen LogP contribution in [0.5, 0.6) is 0 Å². The highest BCUT2D eigenvalue weighted by molar-refractivity contribution is 7.91. The monoisotopic (exact) mass is 363 g/mol. The average molecular weight is 363 g/mol. The van der Waals surface area contributed by atoms with Crippen LogP contribution in [0.4, 0.5) is 4.79 Å². The lowest BCUT2D eigenvalue weighted by Gasteiger charge is -2.14. The molecule has 1 rings (SSSR count). The van der Waals surface area contributed by atoms with E-state index in [4.69, 9.17) is 9.88 Å². The number of sulfonamides is 1. The maximum atomic E-state index is 11.8. The van der Waals surface area contributed by atoms with Crippen LogP contribution in [0, 0.1) is 0 Å². The average Bonchev–Trinajstić information content (AvgIpc) is 2.86.